The lowest BCUT2D eigenvalue weighted by molar-refractivity contribution is 0.00578. The van der Waals surface area contributed by atoms with Gasteiger partial charge < -0.3 is 14.2 Å². The normalized spacial score (nSPS) is 25.0. The van der Waals surface area contributed by atoms with Crippen molar-refractivity contribution in [3.63, 3.8) is 0 Å². The number of rotatable bonds is 4. The fourth-order valence-electron chi connectivity index (χ4n) is 3.30. The zero-order valence-corrected chi connectivity index (χ0v) is 15.7. The van der Waals surface area contributed by atoms with E-state index in [2.05, 4.69) is 55.5 Å². The molecule has 6 heteroatoms. The van der Waals surface area contributed by atoms with Crippen molar-refractivity contribution >= 4 is 13.2 Å². The lowest BCUT2D eigenvalue weighted by Gasteiger charge is -2.32. The van der Waals surface area contributed by atoms with Crippen molar-refractivity contribution in [2.45, 2.75) is 64.7 Å². The number of piperidine rings is 1. The molecule has 2 aliphatic rings. The third kappa shape index (κ3) is 3.61. The van der Waals surface area contributed by atoms with E-state index in [0.717, 1.165) is 12.1 Å². The van der Waals surface area contributed by atoms with E-state index in [0.29, 0.717) is 6.04 Å². The first-order valence-corrected chi connectivity index (χ1v) is 9.11. The van der Waals surface area contributed by atoms with E-state index in [9.17, 15) is 0 Å². The molecule has 1 aromatic rings. The molecule has 0 bridgehead atoms. The van der Waals surface area contributed by atoms with E-state index in [4.69, 9.17) is 9.31 Å². The third-order valence-electron chi connectivity index (χ3n) is 5.72. The fourth-order valence-corrected chi connectivity index (χ4v) is 3.30. The summed E-state index contributed by atoms with van der Waals surface area (Å²) in [5, 5.41) is 4.56. The van der Waals surface area contributed by atoms with Gasteiger partial charge in [0.1, 0.15) is 0 Å². The van der Waals surface area contributed by atoms with E-state index < -0.39 is 0 Å². The van der Waals surface area contributed by atoms with Gasteiger partial charge in [-0.1, -0.05) is 19.0 Å². The maximum absolute atomic E-state index is 5.99. The molecule has 0 radical (unpaired) electrons. The Hall–Kier alpha value is -1.11. The molecule has 3 heterocycles. The molecule has 0 amide bonds. The zero-order valence-electron chi connectivity index (χ0n) is 15.7. The van der Waals surface area contributed by atoms with Crippen LogP contribution in [-0.4, -0.2) is 52.6 Å². The summed E-state index contributed by atoms with van der Waals surface area (Å²) in [7, 11) is -0.300. The Kier molecular flexibility index (Phi) is 4.91. The summed E-state index contributed by atoms with van der Waals surface area (Å²) in [5.41, 5.74) is 0.515. The van der Waals surface area contributed by atoms with Gasteiger partial charge in [-0.05, 0) is 47.1 Å². The Balaban J connectivity index is 1.59. The van der Waals surface area contributed by atoms with Crippen LogP contribution in [0.15, 0.2) is 18.4 Å². The highest BCUT2D eigenvalue weighted by atomic mass is 16.7. The van der Waals surface area contributed by atoms with Crippen LogP contribution >= 0.6 is 0 Å². The SMILES string of the molecule is CCN1CCC(n2cc(/C=C/B3OC(C)(C)C(C)(C)O3)cn2)CC1. The van der Waals surface area contributed by atoms with Crippen molar-refractivity contribution in [1.29, 1.82) is 0 Å². The van der Waals surface area contributed by atoms with Crippen molar-refractivity contribution in [3.8, 4) is 0 Å². The minimum atomic E-state index is -0.300. The Morgan fingerprint density at radius 3 is 2.42 bits per heavy atom. The summed E-state index contributed by atoms with van der Waals surface area (Å²) < 4.78 is 14.1. The molecule has 2 aliphatic heterocycles. The first kappa shape index (κ1) is 17.7. The van der Waals surface area contributed by atoms with Crippen LogP contribution in [0.25, 0.3) is 6.08 Å². The average molecular weight is 331 g/mol. The Morgan fingerprint density at radius 1 is 1.21 bits per heavy atom. The molecule has 5 nitrogen and oxygen atoms in total. The summed E-state index contributed by atoms with van der Waals surface area (Å²) in [6.07, 6.45) is 8.46. The van der Waals surface area contributed by atoms with Crippen molar-refractivity contribution < 1.29 is 9.31 Å². The quantitative estimate of drug-likeness (QED) is 0.795. The molecule has 0 atom stereocenters. The van der Waals surface area contributed by atoms with Gasteiger partial charge in [-0.25, -0.2) is 0 Å². The van der Waals surface area contributed by atoms with Gasteiger partial charge in [0.05, 0.1) is 23.4 Å². The predicted octanol–water partition coefficient (Wildman–Crippen LogP) is 3.18. The van der Waals surface area contributed by atoms with E-state index in [1.54, 1.807) is 0 Å². The van der Waals surface area contributed by atoms with E-state index in [-0.39, 0.29) is 18.3 Å². The molecule has 2 fully saturated rings. The maximum Gasteiger partial charge on any atom is 0.487 e. The smallest absolute Gasteiger partial charge is 0.400 e. The number of nitrogens with zero attached hydrogens (tertiary/aromatic N) is 3. The van der Waals surface area contributed by atoms with Gasteiger partial charge in [0.25, 0.3) is 0 Å². The van der Waals surface area contributed by atoms with Crippen LogP contribution in [0.4, 0.5) is 0 Å². The van der Waals surface area contributed by atoms with Gasteiger partial charge >= 0.3 is 7.12 Å². The molecule has 0 N–H and O–H groups in total. The van der Waals surface area contributed by atoms with Crippen molar-refractivity contribution in [2.24, 2.45) is 0 Å². The Morgan fingerprint density at radius 2 is 1.83 bits per heavy atom. The van der Waals surface area contributed by atoms with Gasteiger partial charge in [0.2, 0.25) is 0 Å². The van der Waals surface area contributed by atoms with E-state index in [1.165, 1.54) is 25.9 Å². The molecule has 3 rings (SSSR count). The van der Waals surface area contributed by atoms with Crippen molar-refractivity contribution in [3.05, 3.63) is 23.9 Å². The minimum Gasteiger partial charge on any atom is -0.400 e. The summed E-state index contributed by atoms with van der Waals surface area (Å²) in [5.74, 6) is 1.98. The highest BCUT2D eigenvalue weighted by Crippen LogP contribution is 2.37. The van der Waals surface area contributed by atoms with Crippen molar-refractivity contribution in [1.82, 2.24) is 14.7 Å². The fraction of sp³-hybridized carbons (Fsp3) is 0.722. The van der Waals surface area contributed by atoms with Crippen LogP contribution in [0.5, 0.6) is 0 Å². The second-order valence-corrected chi connectivity index (χ2v) is 7.90. The molecule has 0 unspecified atom stereocenters. The lowest BCUT2D eigenvalue weighted by Crippen LogP contribution is -2.41. The van der Waals surface area contributed by atoms with Crippen molar-refractivity contribution in [2.75, 3.05) is 19.6 Å². The highest BCUT2D eigenvalue weighted by Gasteiger charge is 2.50. The topological polar surface area (TPSA) is 39.5 Å². The van der Waals surface area contributed by atoms with Crippen LogP contribution in [0.3, 0.4) is 0 Å². The summed E-state index contributed by atoms with van der Waals surface area (Å²) >= 11 is 0. The molecule has 1 aromatic heterocycles. The molecule has 0 aromatic carbocycles. The molecule has 132 valence electrons. The van der Waals surface area contributed by atoms with E-state index >= 15 is 0 Å². The predicted molar refractivity (Wildman–Crippen MR) is 97.7 cm³/mol. The zero-order chi connectivity index (χ0) is 17.4. The first-order chi connectivity index (χ1) is 11.3. The molecule has 0 aliphatic carbocycles. The first-order valence-electron chi connectivity index (χ1n) is 9.11. The van der Waals surface area contributed by atoms with Gasteiger partial charge in [-0.3, -0.25) is 4.68 Å². The molecule has 0 saturated carbocycles. The van der Waals surface area contributed by atoms with Gasteiger partial charge in [0.15, 0.2) is 0 Å². The van der Waals surface area contributed by atoms with Gasteiger partial charge in [-0.15, -0.1) is 0 Å². The van der Waals surface area contributed by atoms with Crippen LogP contribution in [-0.2, 0) is 9.31 Å². The minimum absolute atomic E-state index is 0.292. The van der Waals surface area contributed by atoms with Crippen LogP contribution in [0.1, 0.15) is 59.1 Å². The van der Waals surface area contributed by atoms with Crippen LogP contribution in [0.2, 0.25) is 0 Å². The maximum atomic E-state index is 5.99. The lowest BCUT2D eigenvalue weighted by atomic mass is 9.89. The van der Waals surface area contributed by atoms with Gasteiger partial charge in [0, 0.05) is 24.8 Å². The van der Waals surface area contributed by atoms with E-state index in [1.807, 2.05) is 18.2 Å². The highest BCUT2D eigenvalue weighted by molar-refractivity contribution is 6.52. The number of hydrogen-bond donors (Lipinski definition) is 0. The monoisotopic (exact) mass is 331 g/mol. The second-order valence-electron chi connectivity index (χ2n) is 7.90. The summed E-state index contributed by atoms with van der Waals surface area (Å²) in [6, 6.07) is 0.520. The average Bonchev–Trinajstić information content (AvgIpc) is 3.08. The van der Waals surface area contributed by atoms with Crippen LogP contribution < -0.4 is 0 Å². The standard InChI is InChI=1S/C18H30BN3O2/c1-6-21-11-8-16(9-12-21)22-14-15(13-20-22)7-10-19-23-17(2,3)18(4,5)24-19/h7,10,13-14,16H,6,8-9,11-12H2,1-5H3/b10-7+. The number of hydrogen-bond acceptors (Lipinski definition) is 4. The second kappa shape index (κ2) is 6.66. The summed E-state index contributed by atoms with van der Waals surface area (Å²) in [6.45, 7) is 14.0. The third-order valence-corrected chi connectivity index (χ3v) is 5.72. The van der Waals surface area contributed by atoms with Crippen LogP contribution in [0, 0.1) is 0 Å². The number of aromatic nitrogens is 2. The molecular weight excluding hydrogens is 301 g/mol. The van der Waals surface area contributed by atoms with Gasteiger partial charge in [-0.2, -0.15) is 5.10 Å². The molecule has 24 heavy (non-hydrogen) atoms. The Bertz CT molecular complexity index is 573. The molecule has 2 saturated heterocycles. The number of likely N-dealkylation sites (tertiary alicyclic amines) is 1. The molecular formula is C18H30BN3O2. The largest absolute Gasteiger partial charge is 0.487 e. The molecule has 0 spiro atoms. The summed E-state index contributed by atoms with van der Waals surface area (Å²) in [4.78, 5) is 2.50. The Labute approximate surface area is 146 Å².